The van der Waals surface area contributed by atoms with Crippen LogP contribution in [0.5, 0.6) is 0 Å². The van der Waals surface area contributed by atoms with Gasteiger partial charge in [0, 0.05) is 26.2 Å². The highest BCUT2D eigenvalue weighted by atomic mass is 32.2. The Morgan fingerprint density at radius 1 is 0.897 bits per heavy atom. The molecule has 1 saturated heterocycles. The summed E-state index contributed by atoms with van der Waals surface area (Å²) in [6.45, 7) is 0.799. The zero-order valence-electron chi connectivity index (χ0n) is 22.1. The van der Waals surface area contributed by atoms with Gasteiger partial charge in [0.15, 0.2) is 0 Å². The van der Waals surface area contributed by atoms with Gasteiger partial charge in [-0.3, -0.25) is 9.59 Å². The molecule has 9 heteroatoms. The molecule has 1 N–H and O–H groups in total. The molecule has 0 radical (unpaired) electrons. The molecule has 4 rings (SSSR count). The highest BCUT2D eigenvalue weighted by molar-refractivity contribution is 7.88. The predicted molar refractivity (Wildman–Crippen MR) is 150 cm³/mol. The number of carbonyl (C=O) groups is 2. The van der Waals surface area contributed by atoms with Crippen molar-refractivity contribution in [3.63, 3.8) is 0 Å². The number of carbonyl (C=O) groups excluding carboxylic acids is 2. The summed E-state index contributed by atoms with van der Waals surface area (Å²) < 4.78 is 32.3. The summed E-state index contributed by atoms with van der Waals surface area (Å²) in [5, 5.41) is 2.98. The molecule has 3 aromatic carbocycles. The standard InChI is InChI=1S/C30H35N3O5S/c1-39(36,37)32(21-24-12-5-2-6-13-24)23-28(34)33(22-25-14-7-3-8-15-25)29(26-16-9-4-10-17-26)30(35)31-20-27-18-11-19-38-27/h2-10,12-17,27,29H,11,18-23H2,1H3,(H,31,35)/t27-,29+/m0/s1. The first-order valence-corrected chi connectivity index (χ1v) is 14.9. The van der Waals surface area contributed by atoms with Crippen molar-refractivity contribution in [1.82, 2.24) is 14.5 Å². The van der Waals surface area contributed by atoms with E-state index in [1.165, 1.54) is 4.90 Å². The molecule has 0 aromatic heterocycles. The molecule has 2 amide bonds. The maximum absolute atomic E-state index is 14.0. The zero-order chi connectivity index (χ0) is 27.7. The first kappa shape index (κ1) is 28.5. The van der Waals surface area contributed by atoms with Crippen molar-refractivity contribution in [1.29, 1.82) is 0 Å². The van der Waals surface area contributed by atoms with Gasteiger partial charge in [0.05, 0.1) is 18.9 Å². The molecule has 206 valence electrons. The van der Waals surface area contributed by atoms with Gasteiger partial charge in [-0.25, -0.2) is 8.42 Å². The average Bonchev–Trinajstić information content (AvgIpc) is 3.46. The highest BCUT2D eigenvalue weighted by Crippen LogP contribution is 2.25. The van der Waals surface area contributed by atoms with Gasteiger partial charge in [0.25, 0.3) is 0 Å². The molecule has 1 fully saturated rings. The van der Waals surface area contributed by atoms with Crippen molar-refractivity contribution in [2.24, 2.45) is 0 Å². The predicted octanol–water partition coefficient (Wildman–Crippen LogP) is 3.51. The molecule has 0 bridgehead atoms. The van der Waals surface area contributed by atoms with E-state index >= 15 is 0 Å². The number of hydrogen-bond acceptors (Lipinski definition) is 5. The summed E-state index contributed by atoms with van der Waals surface area (Å²) in [5.41, 5.74) is 2.23. The monoisotopic (exact) mass is 549 g/mol. The van der Waals surface area contributed by atoms with Crippen LogP contribution in [0.4, 0.5) is 0 Å². The van der Waals surface area contributed by atoms with Crippen LogP contribution in [-0.2, 0) is 37.4 Å². The maximum Gasteiger partial charge on any atom is 0.247 e. The van der Waals surface area contributed by atoms with Gasteiger partial charge in [-0.2, -0.15) is 4.31 Å². The lowest BCUT2D eigenvalue weighted by molar-refractivity contribution is -0.142. The molecule has 8 nitrogen and oxygen atoms in total. The van der Waals surface area contributed by atoms with E-state index in [9.17, 15) is 18.0 Å². The average molecular weight is 550 g/mol. The maximum atomic E-state index is 14.0. The second kappa shape index (κ2) is 13.5. The van der Waals surface area contributed by atoms with Crippen LogP contribution in [0.1, 0.15) is 35.6 Å². The van der Waals surface area contributed by atoms with Gasteiger partial charge in [-0.15, -0.1) is 0 Å². The van der Waals surface area contributed by atoms with Crippen molar-refractivity contribution >= 4 is 21.8 Å². The molecule has 1 aliphatic rings. The largest absolute Gasteiger partial charge is 0.376 e. The Labute approximate surface area is 230 Å². The Bertz CT molecular complexity index is 1310. The SMILES string of the molecule is CS(=O)(=O)N(CC(=O)N(Cc1ccccc1)[C@@H](C(=O)NC[C@@H]1CCCO1)c1ccccc1)Cc1ccccc1. The number of amides is 2. The lowest BCUT2D eigenvalue weighted by Gasteiger charge is -2.33. The minimum Gasteiger partial charge on any atom is -0.376 e. The molecule has 0 saturated carbocycles. The Kier molecular flexibility index (Phi) is 9.86. The number of hydrogen-bond donors (Lipinski definition) is 1. The van der Waals surface area contributed by atoms with Gasteiger partial charge in [0.2, 0.25) is 21.8 Å². The molecule has 0 spiro atoms. The van der Waals surface area contributed by atoms with Crippen LogP contribution in [0.3, 0.4) is 0 Å². The van der Waals surface area contributed by atoms with E-state index < -0.39 is 28.5 Å². The quantitative estimate of drug-likeness (QED) is 0.373. The fraction of sp³-hybridized carbons (Fsp3) is 0.333. The fourth-order valence-electron chi connectivity index (χ4n) is 4.65. The smallest absolute Gasteiger partial charge is 0.247 e. The van der Waals surface area contributed by atoms with Crippen molar-refractivity contribution in [3.8, 4) is 0 Å². The molecule has 39 heavy (non-hydrogen) atoms. The van der Waals surface area contributed by atoms with Crippen molar-refractivity contribution in [2.75, 3.05) is 26.0 Å². The normalized spacial score (nSPS) is 16.1. The van der Waals surface area contributed by atoms with E-state index in [0.717, 1.165) is 34.5 Å². The van der Waals surface area contributed by atoms with Crippen LogP contribution in [-0.4, -0.2) is 61.5 Å². The summed E-state index contributed by atoms with van der Waals surface area (Å²) in [5.74, 6) is -0.809. The molecule has 0 unspecified atom stereocenters. The first-order chi connectivity index (χ1) is 18.8. The number of rotatable bonds is 12. The van der Waals surface area contributed by atoms with Crippen LogP contribution < -0.4 is 5.32 Å². The second-order valence-corrected chi connectivity index (χ2v) is 11.7. The van der Waals surface area contributed by atoms with Gasteiger partial charge in [-0.1, -0.05) is 91.0 Å². The van der Waals surface area contributed by atoms with Gasteiger partial charge in [0.1, 0.15) is 6.04 Å². The first-order valence-electron chi connectivity index (χ1n) is 13.1. The van der Waals surface area contributed by atoms with Crippen molar-refractivity contribution in [2.45, 2.75) is 38.1 Å². The van der Waals surface area contributed by atoms with Crippen LogP contribution >= 0.6 is 0 Å². The van der Waals surface area contributed by atoms with Gasteiger partial charge >= 0.3 is 0 Å². The summed E-state index contributed by atoms with van der Waals surface area (Å²) >= 11 is 0. The highest BCUT2D eigenvalue weighted by Gasteiger charge is 2.34. The third-order valence-corrected chi connectivity index (χ3v) is 7.90. The lowest BCUT2D eigenvalue weighted by Crippen LogP contribution is -2.48. The van der Waals surface area contributed by atoms with Crippen molar-refractivity contribution in [3.05, 3.63) is 108 Å². The summed E-state index contributed by atoms with van der Waals surface area (Å²) in [4.78, 5) is 29.2. The number of nitrogens with zero attached hydrogens (tertiary/aromatic N) is 2. The van der Waals surface area contributed by atoms with Gasteiger partial charge in [-0.05, 0) is 29.5 Å². The number of benzene rings is 3. The van der Waals surface area contributed by atoms with E-state index in [-0.39, 0.29) is 25.1 Å². The van der Waals surface area contributed by atoms with Crippen LogP contribution in [0, 0.1) is 0 Å². The molecule has 1 aliphatic heterocycles. The van der Waals surface area contributed by atoms with E-state index in [2.05, 4.69) is 5.32 Å². The second-order valence-electron chi connectivity index (χ2n) is 9.72. The number of nitrogens with one attached hydrogen (secondary N) is 1. The third-order valence-electron chi connectivity index (χ3n) is 6.70. The minimum atomic E-state index is -3.73. The van der Waals surface area contributed by atoms with Crippen molar-refractivity contribution < 1.29 is 22.7 Å². The topological polar surface area (TPSA) is 96.0 Å². The van der Waals surface area contributed by atoms with E-state index in [4.69, 9.17) is 4.74 Å². The Balaban J connectivity index is 1.66. The van der Waals surface area contributed by atoms with Gasteiger partial charge < -0.3 is 15.0 Å². The fourth-order valence-corrected chi connectivity index (χ4v) is 5.38. The van der Waals surface area contributed by atoms with E-state index in [1.54, 1.807) is 12.1 Å². The third kappa shape index (κ3) is 8.23. The summed E-state index contributed by atoms with van der Waals surface area (Å²) in [7, 11) is -3.73. The van der Waals surface area contributed by atoms with Crippen LogP contribution in [0.2, 0.25) is 0 Å². The number of ether oxygens (including phenoxy) is 1. The molecular formula is C30H35N3O5S. The Morgan fingerprint density at radius 3 is 2.00 bits per heavy atom. The zero-order valence-corrected chi connectivity index (χ0v) is 22.9. The molecule has 2 atom stereocenters. The molecule has 3 aromatic rings. The Hall–Kier alpha value is -3.53. The lowest BCUT2D eigenvalue weighted by atomic mass is 10.0. The summed E-state index contributed by atoms with van der Waals surface area (Å²) in [6.07, 6.45) is 2.85. The van der Waals surface area contributed by atoms with Crippen LogP contribution in [0.25, 0.3) is 0 Å². The summed E-state index contributed by atoms with van der Waals surface area (Å²) in [6, 6.07) is 26.6. The number of sulfonamides is 1. The van der Waals surface area contributed by atoms with Crippen LogP contribution in [0.15, 0.2) is 91.0 Å². The Morgan fingerprint density at radius 2 is 1.46 bits per heavy atom. The molecule has 1 heterocycles. The molecule has 0 aliphatic carbocycles. The molecular weight excluding hydrogens is 514 g/mol. The van der Waals surface area contributed by atoms with E-state index in [1.807, 2.05) is 78.9 Å². The minimum absolute atomic E-state index is 0.0474. The van der Waals surface area contributed by atoms with E-state index in [0.29, 0.717) is 18.7 Å².